The third-order valence-corrected chi connectivity index (χ3v) is 4.60. The lowest BCUT2D eigenvalue weighted by atomic mass is 10.0. The first-order chi connectivity index (χ1) is 11.3. The summed E-state index contributed by atoms with van der Waals surface area (Å²) >= 11 is 0. The zero-order chi connectivity index (χ0) is 15.6. The topological polar surface area (TPSA) is 32.8 Å². The number of hydrogen-bond donors (Lipinski definition) is 0. The number of ether oxygens (including phenoxy) is 1. The molecule has 2 aliphatic rings. The molecule has 0 saturated carbocycles. The fraction of sp³-hybridized carbons (Fsp3) is 0.316. The number of morpholine rings is 1. The van der Waals surface area contributed by atoms with Gasteiger partial charge in [0.1, 0.15) is 0 Å². The Kier molecular flexibility index (Phi) is 3.75. The van der Waals surface area contributed by atoms with E-state index in [0.29, 0.717) is 26.3 Å². The first kappa shape index (κ1) is 14.3. The Morgan fingerprint density at radius 2 is 1.35 bits per heavy atom. The van der Waals surface area contributed by atoms with Gasteiger partial charge in [-0.3, -0.25) is 4.90 Å². The Morgan fingerprint density at radius 3 is 1.91 bits per heavy atom. The lowest BCUT2D eigenvalue weighted by molar-refractivity contribution is 0.0554. The van der Waals surface area contributed by atoms with E-state index in [4.69, 9.17) is 4.74 Å². The number of hydrogen-bond acceptors (Lipinski definition) is 2. The van der Waals surface area contributed by atoms with Crippen molar-refractivity contribution in [3.63, 3.8) is 0 Å². The van der Waals surface area contributed by atoms with Crippen molar-refractivity contribution in [1.82, 2.24) is 4.90 Å². The summed E-state index contributed by atoms with van der Waals surface area (Å²) < 4.78 is 5.39. The van der Waals surface area contributed by atoms with Gasteiger partial charge >= 0.3 is 6.03 Å². The van der Waals surface area contributed by atoms with E-state index in [9.17, 15) is 4.79 Å². The van der Waals surface area contributed by atoms with Crippen molar-refractivity contribution in [2.24, 2.45) is 0 Å². The molecule has 0 N–H and O–H groups in total. The maximum atomic E-state index is 13.2. The summed E-state index contributed by atoms with van der Waals surface area (Å²) in [5, 5.41) is 0. The highest BCUT2D eigenvalue weighted by molar-refractivity contribution is 6.01. The molecule has 1 fully saturated rings. The molecule has 0 radical (unpaired) electrons. The number of rotatable bonds is 0. The van der Waals surface area contributed by atoms with E-state index < -0.39 is 0 Å². The molecule has 0 bridgehead atoms. The summed E-state index contributed by atoms with van der Waals surface area (Å²) in [4.78, 5) is 17.0. The van der Waals surface area contributed by atoms with Gasteiger partial charge in [0.25, 0.3) is 0 Å². The fourth-order valence-electron chi connectivity index (χ4n) is 3.38. The molecular formula is C19H20N2O2. The minimum atomic E-state index is 0.0510. The number of para-hydroxylation sites is 2. The third-order valence-electron chi connectivity index (χ3n) is 4.60. The largest absolute Gasteiger partial charge is 0.378 e. The van der Waals surface area contributed by atoms with E-state index in [0.717, 1.165) is 24.2 Å². The number of carbonyl (C=O) groups excluding carboxylic acids is 1. The molecule has 2 amide bonds. The summed E-state index contributed by atoms with van der Waals surface area (Å²) in [5.74, 6) is 0. The van der Waals surface area contributed by atoms with Crippen LogP contribution < -0.4 is 4.90 Å². The van der Waals surface area contributed by atoms with Crippen LogP contribution in [0.4, 0.5) is 16.2 Å². The zero-order valence-corrected chi connectivity index (χ0v) is 13.1. The molecule has 0 aliphatic carbocycles. The average Bonchev–Trinajstić information content (AvgIpc) is 2.79. The molecule has 4 rings (SSSR count). The Hall–Kier alpha value is -2.33. The van der Waals surface area contributed by atoms with Crippen LogP contribution in [0.3, 0.4) is 0 Å². The molecule has 0 spiro atoms. The third kappa shape index (κ3) is 2.59. The van der Waals surface area contributed by atoms with Gasteiger partial charge in [-0.2, -0.15) is 0 Å². The Bertz CT molecular complexity index is 675. The second-order valence-electron chi connectivity index (χ2n) is 5.97. The number of aryl methyl sites for hydroxylation is 2. The van der Waals surface area contributed by atoms with Crippen LogP contribution in [0, 0.1) is 0 Å². The first-order valence-electron chi connectivity index (χ1n) is 8.17. The summed E-state index contributed by atoms with van der Waals surface area (Å²) in [6.07, 6.45) is 1.92. The molecular weight excluding hydrogens is 288 g/mol. The molecule has 0 aromatic heterocycles. The fourth-order valence-corrected chi connectivity index (χ4v) is 3.38. The Balaban J connectivity index is 1.81. The molecule has 2 aromatic carbocycles. The van der Waals surface area contributed by atoms with Gasteiger partial charge in [0.15, 0.2) is 0 Å². The lowest BCUT2D eigenvalue weighted by Crippen LogP contribution is -2.47. The smallest absolute Gasteiger partial charge is 0.329 e. The van der Waals surface area contributed by atoms with Gasteiger partial charge in [-0.05, 0) is 36.1 Å². The molecule has 23 heavy (non-hydrogen) atoms. The van der Waals surface area contributed by atoms with Crippen molar-refractivity contribution in [3.8, 4) is 0 Å². The lowest BCUT2D eigenvalue weighted by Gasteiger charge is -2.33. The average molecular weight is 308 g/mol. The van der Waals surface area contributed by atoms with Crippen molar-refractivity contribution < 1.29 is 9.53 Å². The second-order valence-corrected chi connectivity index (χ2v) is 5.97. The van der Waals surface area contributed by atoms with Crippen molar-refractivity contribution in [2.45, 2.75) is 12.8 Å². The molecule has 4 heteroatoms. The molecule has 0 unspecified atom stereocenters. The van der Waals surface area contributed by atoms with Crippen molar-refractivity contribution >= 4 is 17.4 Å². The monoisotopic (exact) mass is 308 g/mol. The highest BCUT2D eigenvalue weighted by Crippen LogP contribution is 2.36. The minimum absolute atomic E-state index is 0.0510. The van der Waals surface area contributed by atoms with Crippen molar-refractivity contribution in [2.75, 3.05) is 31.2 Å². The van der Waals surface area contributed by atoms with Crippen LogP contribution >= 0.6 is 0 Å². The molecule has 1 saturated heterocycles. The van der Waals surface area contributed by atoms with Crippen LogP contribution in [-0.4, -0.2) is 37.2 Å². The summed E-state index contributed by atoms with van der Waals surface area (Å²) in [5.41, 5.74) is 4.47. The van der Waals surface area contributed by atoms with Crippen LogP contribution in [0.25, 0.3) is 0 Å². The second kappa shape index (κ2) is 6.05. The van der Waals surface area contributed by atoms with Crippen molar-refractivity contribution in [1.29, 1.82) is 0 Å². The molecule has 0 atom stereocenters. The van der Waals surface area contributed by atoms with Crippen LogP contribution in [0.15, 0.2) is 48.5 Å². The predicted molar refractivity (Wildman–Crippen MR) is 90.2 cm³/mol. The molecule has 2 heterocycles. The number of fused-ring (bicyclic) bond motifs is 2. The summed E-state index contributed by atoms with van der Waals surface area (Å²) in [6, 6.07) is 16.5. The Labute approximate surface area is 136 Å². The highest BCUT2D eigenvalue weighted by Gasteiger charge is 2.29. The number of benzene rings is 2. The number of urea groups is 1. The number of carbonyl (C=O) groups is 1. The van der Waals surface area contributed by atoms with E-state index in [-0.39, 0.29) is 6.03 Å². The maximum absolute atomic E-state index is 13.2. The van der Waals surface area contributed by atoms with Crippen LogP contribution in [-0.2, 0) is 17.6 Å². The van der Waals surface area contributed by atoms with E-state index in [2.05, 4.69) is 24.3 Å². The quantitative estimate of drug-likeness (QED) is 0.747. The number of nitrogens with zero attached hydrogens (tertiary/aromatic N) is 2. The molecule has 118 valence electrons. The molecule has 2 aromatic rings. The van der Waals surface area contributed by atoms with Crippen LogP contribution in [0.1, 0.15) is 11.1 Å². The first-order valence-corrected chi connectivity index (χ1v) is 8.17. The SMILES string of the molecule is O=C(N1CCOCC1)N1c2ccccc2CCc2ccccc21. The van der Waals surface area contributed by atoms with Gasteiger partial charge in [0.2, 0.25) is 0 Å². The van der Waals surface area contributed by atoms with Crippen LogP contribution in [0.2, 0.25) is 0 Å². The highest BCUT2D eigenvalue weighted by atomic mass is 16.5. The van der Waals surface area contributed by atoms with E-state index in [1.807, 2.05) is 34.1 Å². The molecule has 2 aliphatic heterocycles. The Morgan fingerprint density at radius 1 is 0.826 bits per heavy atom. The molecule has 4 nitrogen and oxygen atoms in total. The zero-order valence-electron chi connectivity index (χ0n) is 13.1. The van der Waals surface area contributed by atoms with E-state index in [1.54, 1.807) is 0 Å². The maximum Gasteiger partial charge on any atom is 0.329 e. The van der Waals surface area contributed by atoms with Gasteiger partial charge in [0.05, 0.1) is 24.6 Å². The van der Waals surface area contributed by atoms with Gasteiger partial charge in [-0.25, -0.2) is 4.79 Å². The van der Waals surface area contributed by atoms with Gasteiger partial charge in [-0.15, -0.1) is 0 Å². The van der Waals surface area contributed by atoms with E-state index in [1.165, 1.54) is 11.1 Å². The van der Waals surface area contributed by atoms with Gasteiger partial charge in [0, 0.05) is 13.1 Å². The van der Waals surface area contributed by atoms with Gasteiger partial charge < -0.3 is 9.64 Å². The van der Waals surface area contributed by atoms with Crippen molar-refractivity contribution in [3.05, 3.63) is 59.7 Å². The summed E-state index contributed by atoms with van der Waals surface area (Å²) in [6.45, 7) is 2.53. The van der Waals surface area contributed by atoms with E-state index >= 15 is 0 Å². The van der Waals surface area contributed by atoms with Gasteiger partial charge in [-0.1, -0.05) is 36.4 Å². The summed E-state index contributed by atoms with van der Waals surface area (Å²) in [7, 11) is 0. The minimum Gasteiger partial charge on any atom is -0.378 e. The normalized spacial score (nSPS) is 17.2. The van der Waals surface area contributed by atoms with Crippen LogP contribution in [0.5, 0.6) is 0 Å². The number of anilines is 2. The predicted octanol–water partition coefficient (Wildman–Crippen LogP) is 3.38. The standard InChI is InChI=1S/C19H20N2O2/c22-19(20-11-13-23-14-12-20)21-17-7-3-1-5-15(17)9-10-16-6-2-4-8-18(16)21/h1-8H,9-14H2. The number of amides is 2.